The zero-order valence-corrected chi connectivity index (χ0v) is 12.8. The lowest BCUT2D eigenvalue weighted by Gasteiger charge is -2.18. The number of benzene rings is 2. The number of hydrogen-bond acceptors (Lipinski definition) is 0. The Morgan fingerprint density at radius 2 is 1.42 bits per heavy atom. The van der Waals surface area contributed by atoms with E-state index in [2.05, 4.69) is 38.1 Å². The van der Waals surface area contributed by atoms with Crippen molar-refractivity contribution in [3.63, 3.8) is 0 Å². The molecule has 19 heavy (non-hydrogen) atoms. The van der Waals surface area contributed by atoms with E-state index < -0.39 is 0 Å². The zero-order chi connectivity index (χ0) is 13.8. The molecule has 2 rings (SSSR count). The molecule has 0 N–H and O–H groups in total. The minimum atomic E-state index is 0.572. The van der Waals surface area contributed by atoms with E-state index in [-0.39, 0.29) is 0 Å². The second kappa shape index (κ2) is 6.45. The van der Waals surface area contributed by atoms with Crippen molar-refractivity contribution in [3.05, 3.63) is 58.1 Å². The van der Waals surface area contributed by atoms with E-state index in [1.54, 1.807) is 0 Å². The van der Waals surface area contributed by atoms with Crippen LogP contribution in [0.25, 0.3) is 11.1 Å². The summed E-state index contributed by atoms with van der Waals surface area (Å²) in [6.07, 6.45) is 2.28. The van der Waals surface area contributed by atoms with Crippen LogP contribution in [0.4, 0.5) is 0 Å². The normalized spacial score (nSPS) is 11.0. The largest absolute Gasteiger partial charge is 0.0843 e. The fourth-order valence-electron chi connectivity index (χ4n) is 2.49. The van der Waals surface area contributed by atoms with Crippen LogP contribution in [0.5, 0.6) is 0 Å². The van der Waals surface area contributed by atoms with Crippen LogP contribution in [0.2, 0.25) is 10.0 Å². The molecule has 0 radical (unpaired) electrons. The SMILES string of the molecule is CCC(CC)c1ccc(Cl)cc1-c1ccc(Cl)cc1. The van der Waals surface area contributed by atoms with Gasteiger partial charge in [-0.05, 0) is 59.7 Å². The van der Waals surface area contributed by atoms with Crippen LogP contribution in [0.1, 0.15) is 38.2 Å². The highest BCUT2D eigenvalue weighted by Crippen LogP contribution is 2.35. The van der Waals surface area contributed by atoms with Gasteiger partial charge in [0, 0.05) is 10.0 Å². The van der Waals surface area contributed by atoms with E-state index >= 15 is 0 Å². The van der Waals surface area contributed by atoms with Crippen molar-refractivity contribution in [2.75, 3.05) is 0 Å². The molecule has 0 fully saturated rings. The Kier molecular flexibility index (Phi) is 4.90. The second-order valence-electron chi connectivity index (χ2n) is 4.75. The van der Waals surface area contributed by atoms with Crippen molar-refractivity contribution in [3.8, 4) is 11.1 Å². The van der Waals surface area contributed by atoms with Crippen molar-refractivity contribution in [1.29, 1.82) is 0 Å². The van der Waals surface area contributed by atoms with Gasteiger partial charge in [0.1, 0.15) is 0 Å². The van der Waals surface area contributed by atoms with Crippen LogP contribution in [0, 0.1) is 0 Å². The zero-order valence-electron chi connectivity index (χ0n) is 11.3. The molecule has 0 heterocycles. The van der Waals surface area contributed by atoms with Gasteiger partial charge in [-0.15, -0.1) is 0 Å². The average molecular weight is 293 g/mol. The molecule has 0 saturated carbocycles. The van der Waals surface area contributed by atoms with Gasteiger partial charge in [-0.25, -0.2) is 0 Å². The molecule has 100 valence electrons. The molecule has 0 saturated heterocycles. The summed E-state index contributed by atoms with van der Waals surface area (Å²) in [5.41, 5.74) is 3.77. The molecule has 0 aromatic heterocycles. The summed E-state index contributed by atoms with van der Waals surface area (Å²) in [5, 5.41) is 1.54. The van der Waals surface area contributed by atoms with Gasteiger partial charge in [-0.3, -0.25) is 0 Å². The quantitative estimate of drug-likeness (QED) is 0.598. The van der Waals surface area contributed by atoms with Gasteiger partial charge in [-0.1, -0.05) is 55.2 Å². The van der Waals surface area contributed by atoms with Gasteiger partial charge >= 0.3 is 0 Å². The van der Waals surface area contributed by atoms with Gasteiger partial charge < -0.3 is 0 Å². The fourth-order valence-corrected chi connectivity index (χ4v) is 2.79. The van der Waals surface area contributed by atoms with Crippen LogP contribution in [-0.2, 0) is 0 Å². The van der Waals surface area contributed by atoms with E-state index in [9.17, 15) is 0 Å². The van der Waals surface area contributed by atoms with E-state index in [1.807, 2.05) is 18.2 Å². The van der Waals surface area contributed by atoms with Crippen molar-refractivity contribution in [2.24, 2.45) is 0 Å². The first-order valence-electron chi connectivity index (χ1n) is 6.71. The van der Waals surface area contributed by atoms with Crippen LogP contribution in [-0.4, -0.2) is 0 Å². The lowest BCUT2D eigenvalue weighted by molar-refractivity contribution is 0.643. The Balaban J connectivity index is 2.53. The lowest BCUT2D eigenvalue weighted by Crippen LogP contribution is -1.98. The molecule has 0 atom stereocenters. The molecule has 0 aliphatic heterocycles. The van der Waals surface area contributed by atoms with Crippen LogP contribution in [0.3, 0.4) is 0 Å². The first-order valence-corrected chi connectivity index (χ1v) is 7.46. The van der Waals surface area contributed by atoms with Crippen molar-refractivity contribution in [2.45, 2.75) is 32.6 Å². The second-order valence-corrected chi connectivity index (χ2v) is 5.62. The average Bonchev–Trinajstić information content (AvgIpc) is 2.42. The Bertz CT molecular complexity index is 540. The summed E-state index contributed by atoms with van der Waals surface area (Å²) in [7, 11) is 0. The minimum Gasteiger partial charge on any atom is -0.0843 e. The summed E-state index contributed by atoms with van der Waals surface area (Å²) < 4.78 is 0. The number of hydrogen-bond donors (Lipinski definition) is 0. The molecular weight excluding hydrogens is 275 g/mol. The summed E-state index contributed by atoms with van der Waals surface area (Å²) in [4.78, 5) is 0. The lowest BCUT2D eigenvalue weighted by atomic mass is 9.87. The molecule has 0 bridgehead atoms. The van der Waals surface area contributed by atoms with Crippen LogP contribution >= 0.6 is 23.2 Å². The van der Waals surface area contributed by atoms with E-state index in [0.717, 1.165) is 22.9 Å². The summed E-state index contributed by atoms with van der Waals surface area (Å²) in [5.74, 6) is 0.572. The molecule has 2 aromatic rings. The van der Waals surface area contributed by atoms with Crippen LogP contribution < -0.4 is 0 Å². The van der Waals surface area contributed by atoms with Gasteiger partial charge in [0.2, 0.25) is 0 Å². The molecule has 0 unspecified atom stereocenters. The summed E-state index contributed by atoms with van der Waals surface area (Å²) in [6.45, 7) is 4.46. The summed E-state index contributed by atoms with van der Waals surface area (Å²) in [6, 6.07) is 14.2. The molecule has 0 spiro atoms. The Morgan fingerprint density at radius 3 is 2.00 bits per heavy atom. The maximum absolute atomic E-state index is 6.16. The monoisotopic (exact) mass is 292 g/mol. The maximum Gasteiger partial charge on any atom is 0.0412 e. The fraction of sp³-hybridized carbons (Fsp3) is 0.294. The standard InChI is InChI=1S/C17H18Cl2/c1-3-12(4-2)16-10-9-15(19)11-17(16)13-5-7-14(18)8-6-13/h5-12H,3-4H2,1-2H3. The Labute approximate surface area is 125 Å². The van der Waals surface area contributed by atoms with Crippen LogP contribution in [0.15, 0.2) is 42.5 Å². The first-order chi connectivity index (χ1) is 9.15. The molecule has 0 aliphatic carbocycles. The van der Waals surface area contributed by atoms with Gasteiger partial charge in [0.15, 0.2) is 0 Å². The maximum atomic E-state index is 6.16. The summed E-state index contributed by atoms with van der Waals surface area (Å²) >= 11 is 12.1. The first kappa shape index (κ1) is 14.4. The highest BCUT2D eigenvalue weighted by atomic mass is 35.5. The van der Waals surface area contributed by atoms with Crippen molar-refractivity contribution < 1.29 is 0 Å². The van der Waals surface area contributed by atoms with Crippen molar-refractivity contribution in [1.82, 2.24) is 0 Å². The molecule has 0 nitrogen and oxygen atoms in total. The highest BCUT2D eigenvalue weighted by molar-refractivity contribution is 6.31. The third-order valence-electron chi connectivity index (χ3n) is 3.60. The third kappa shape index (κ3) is 3.32. The number of halogens is 2. The molecular formula is C17H18Cl2. The smallest absolute Gasteiger partial charge is 0.0412 e. The third-order valence-corrected chi connectivity index (χ3v) is 4.08. The highest BCUT2D eigenvalue weighted by Gasteiger charge is 2.13. The van der Waals surface area contributed by atoms with E-state index in [4.69, 9.17) is 23.2 Å². The van der Waals surface area contributed by atoms with Crippen molar-refractivity contribution >= 4 is 23.2 Å². The van der Waals surface area contributed by atoms with Gasteiger partial charge in [-0.2, -0.15) is 0 Å². The predicted molar refractivity (Wildman–Crippen MR) is 85.2 cm³/mol. The molecule has 0 amide bonds. The van der Waals surface area contributed by atoms with E-state index in [1.165, 1.54) is 16.7 Å². The number of rotatable bonds is 4. The van der Waals surface area contributed by atoms with Gasteiger partial charge in [0.25, 0.3) is 0 Å². The van der Waals surface area contributed by atoms with Gasteiger partial charge in [0.05, 0.1) is 0 Å². The predicted octanol–water partition coefficient (Wildman–Crippen LogP) is 6.56. The Morgan fingerprint density at radius 1 is 0.842 bits per heavy atom. The molecule has 2 heteroatoms. The molecule has 0 aliphatic rings. The topological polar surface area (TPSA) is 0 Å². The Hall–Kier alpha value is -0.980. The molecule has 2 aromatic carbocycles. The minimum absolute atomic E-state index is 0.572. The van der Waals surface area contributed by atoms with E-state index in [0.29, 0.717) is 5.92 Å².